The number of piperidine rings is 2. The molecule has 214 valence electrons. The van der Waals surface area contributed by atoms with Gasteiger partial charge in [-0.25, -0.2) is 4.98 Å². The van der Waals surface area contributed by atoms with Crippen LogP contribution in [-0.4, -0.2) is 102 Å². The smallest absolute Gasteiger partial charge is 0.254 e. The van der Waals surface area contributed by atoms with Gasteiger partial charge in [-0.15, -0.1) is 0 Å². The third-order valence-electron chi connectivity index (χ3n) is 9.17. The van der Waals surface area contributed by atoms with E-state index in [0.717, 1.165) is 101 Å². The summed E-state index contributed by atoms with van der Waals surface area (Å²) in [6.45, 7) is 6.96. The zero-order valence-electron chi connectivity index (χ0n) is 24.1. The minimum Gasteiger partial charge on any atom is -0.342 e. The second kappa shape index (κ2) is 12.5. The molecule has 2 amide bonds. The fraction of sp³-hybridized carbons (Fsp3) is 0.441. The lowest BCUT2D eigenvalue weighted by Crippen LogP contribution is -2.55. The molecule has 0 radical (unpaired) electrons. The van der Waals surface area contributed by atoms with E-state index in [9.17, 15) is 9.59 Å². The molecule has 7 nitrogen and oxygen atoms in total. The number of carbonyl (C=O) groups is 2. The molecule has 3 aliphatic rings. The van der Waals surface area contributed by atoms with Crippen molar-refractivity contribution in [3.05, 3.63) is 78.4 Å². The summed E-state index contributed by atoms with van der Waals surface area (Å²) < 4.78 is 0. The first-order valence-corrected chi connectivity index (χ1v) is 15.2. The van der Waals surface area contributed by atoms with E-state index >= 15 is 0 Å². The Labute approximate surface area is 243 Å². The van der Waals surface area contributed by atoms with Gasteiger partial charge in [0.15, 0.2) is 0 Å². The molecular formula is C34H41N5O2. The molecule has 0 spiro atoms. The molecule has 2 aromatic carbocycles. The summed E-state index contributed by atoms with van der Waals surface area (Å²) in [6.07, 6.45) is 4.03. The lowest BCUT2D eigenvalue weighted by molar-refractivity contribution is -0.138. The van der Waals surface area contributed by atoms with Gasteiger partial charge >= 0.3 is 0 Å². The normalized spacial score (nSPS) is 19.8. The van der Waals surface area contributed by atoms with E-state index in [1.54, 1.807) is 0 Å². The zero-order chi connectivity index (χ0) is 28.2. The Morgan fingerprint density at radius 1 is 0.659 bits per heavy atom. The van der Waals surface area contributed by atoms with Crippen molar-refractivity contribution in [3.8, 4) is 22.5 Å². The van der Waals surface area contributed by atoms with Crippen LogP contribution in [0, 0.1) is 5.92 Å². The number of likely N-dealkylation sites (tertiary alicyclic amines) is 2. The standard InChI is InChI=1S/C34H41N5O2/c1-36-16-12-28(13-17-36)33(40)38-18-14-30(15-19-38)37-20-22-39(23-21-37)34(41)29-24-31(26-8-4-2-5-9-26)35-32(25-29)27-10-6-3-7-11-27/h2-11,24-25,28,30H,12-23H2,1H3. The largest absolute Gasteiger partial charge is 0.342 e. The van der Waals surface area contributed by atoms with E-state index in [2.05, 4.69) is 21.7 Å². The molecule has 0 unspecified atom stereocenters. The number of piperazine rings is 1. The van der Waals surface area contributed by atoms with Gasteiger partial charge in [-0.3, -0.25) is 14.5 Å². The second-order valence-electron chi connectivity index (χ2n) is 11.8. The fourth-order valence-corrected chi connectivity index (χ4v) is 6.61. The fourth-order valence-electron chi connectivity index (χ4n) is 6.61. The average molecular weight is 552 g/mol. The molecule has 7 heteroatoms. The van der Waals surface area contributed by atoms with Gasteiger partial charge in [-0.2, -0.15) is 0 Å². The number of amides is 2. The summed E-state index contributed by atoms with van der Waals surface area (Å²) in [5.41, 5.74) is 4.33. The lowest BCUT2D eigenvalue weighted by Gasteiger charge is -2.43. The van der Waals surface area contributed by atoms with Crippen LogP contribution in [0.5, 0.6) is 0 Å². The van der Waals surface area contributed by atoms with Crippen LogP contribution in [0.25, 0.3) is 22.5 Å². The van der Waals surface area contributed by atoms with Crippen LogP contribution in [0.1, 0.15) is 36.0 Å². The van der Waals surface area contributed by atoms with Gasteiger partial charge in [0.25, 0.3) is 5.91 Å². The molecule has 3 saturated heterocycles. The van der Waals surface area contributed by atoms with Crippen LogP contribution >= 0.6 is 0 Å². The Bertz CT molecular complexity index is 1270. The topological polar surface area (TPSA) is 60.0 Å². The maximum Gasteiger partial charge on any atom is 0.254 e. The highest BCUT2D eigenvalue weighted by Gasteiger charge is 2.33. The van der Waals surface area contributed by atoms with Crippen molar-refractivity contribution in [2.75, 3.05) is 59.4 Å². The van der Waals surface area contributed by atoms with Crippen LogP contribution in [0.15, 0.2) is 72.8 Å². The molecule has 6 rings (SSSR count). The molecule has 41 heavy (non-hydrogen) atoms. The number of hydrogen-bond acceptors (Lipinski definition) is 5. The molecule has 3 fully saturated rings. The van der Waals surface area contributed by atoms with Crippen LogP contribution in [0.3, 0.4) is 0 Å². The van der Waals surface area contributed by atoms with Crippen molar-refractivity contribution in [3.63, 3.8) is 0 Å². The third kappa shape index (κ3) is 6.36. The quantitative estimate of drug-likeness (QED) is 0.467. The van der Waals surface area contributed by atoms with Gasteiger partial charge in [0.05, 0.1) is 11.4 Å². The van der Waals surface area contributed by atoms with Crippen molar-refractivity contribution >= 4 is 11.8 Å². The minimum atomic E-state index is 0.0694. The van der Waals surface area contributed by atoms with Crippen LogP contribution in [0.2, 0.25) is 0 Å². The Morgan fingerprint density at radius 3 is 1.73 bits per heavy atom. The highest BCUT2D eigenvalue weighted by molar-refractivity contribution is 5.96. The first-order valence-electron chi connectivity index (χ1n) is 15.2. The average Bonchev–Trinajstić information content (AvgIpc) is 3.05. The van der Waals surface area contributed by atoms with Crippen molar-refractivity contribution in [1.29, 1.82) is 0 Å². The summed E-state index contributed by atoms with van der Waals surface area (Å²) in [5.74, 6) is 0.643. The number of aromatic nitrogens is 1. The summed E-state index contributed by atoms with van der Waals surface area (Å²) in [6, 6.07) is 24.5. The Balaban J connectivity index is 1.08. The number of hydrogen-bond donors (Lipinski definition) is 0. The highest BCUT2D eigenvalue weighted by atomic mass is 16.2. The maximum atomic E-state index is 13.8. The van der Waals surface area contributed by atoms with Crippen molar-refractivity contribution in [2.45, 2.75) is 31.7 Å². The first-order chi connectivity index (χ1) is 20.0. The monoisotopic (exact) mass is 551 g/mol. The molecule has 0 saturated carbocycles. The lowest BCUT2D eigenvalue weighted by atomic mass is 9.93. The molecule has 0 bridgehead atoms. The first kappa shape index (κ1) is 27.6. The van der Waals surface area contributed by atoms with Gasteiger partial charge in [-0.05, 0) is 58.0 Å². The summed E-state index contributed by atoms with van der Waals surface area (Å²) in [7, 11) is 2.14. The predicted molar refractivity (Wildman–Crippen MR) is 162 cm³/mol. The third-order valence-corrected chi connectivity index (χ3v) is 9.17. The van der Waals surface area contributed by atoms with E-state index in [4.69, 9.17) is 4.98 Å². The highest BCUT2D eigenvalue weighted by Crippen LogP contribution is 2.27. The number of nitrogens with zero attached hydrogens (tertiary/aromatic N) is 5. The van der Waals surface area contributed by atoms with E-state index < -0.39 is 0 Å². The minimum absolute atomic E-state index is 0.0694. The van der Waals surface area contributed by atoms with E-state index in [0.29, 0.717) is 17.5 Å². The molecule has 3 aromatic rings. The maximum absolute atomic E-state index is 13.8. The molecule has 0 atom stereocenters. The van der Waals surface area contributed by atoms with Crippen molar-refractivity contribution in [2.24, 2.45) is 5.92 Å². The van der Waals surface area contributed by atoms with E-state index in [1.165, 1.54) is 0 Å². The van der Waals surface area contributed by atoms with Gasteiger partial charge in [-0.1, -0.05) is 60.7 Å². The second-order valence-corrected chi connectivity index (χ2v) is 11.8. The van der Waals surface area contributed by atoms with Crippen molar-refractivity contribution in [1.82, 2.24) is 24.6 Å². The predicted octanol–water partition coefficient (Wildman–Crippen LogP) is 4.51. The molecule has 1 aromatic heterocycles. The number of rotatable bonds is 5. The van der Waals surface area contributed by atoms with E-state index in [-0.39, 0.29) is 11.8 Å². The Hall–Kier alpha value is -3.55. The van der Waals surface area contributed by atoms with Crippen LogP contribution < -0.4 is 0 Å². The summed E-state index contributed by atoms with van der Waals surface area (Å²) >= 11 is 0. The van der Waals surface area contributed by atoms with Gasteiger partial charge in [0.1, 0.15) is 0 Å². The molecule has 3 aliphatic heterocycles. The van der Waals surface area contributed by atoms with Crippen LogP contribution in [-0.2, 0) is 4.79 Å². The zero-order valence-corrected chi connectivity index (χ0v) is 24.1. The Kier molecular flexibility index (Phi) is 8.44. The summed E-state index contributed by atoms with van der Waals surface area (Å²) in [5, 5.41) is 0. The number of benzene rings is 2. The van der Waals surface area contributed by atoms with Crippen LogP contribution in [0.4, 0.5) is 0 Å². The SMILES string of the molecule is CN1CCC(C(=O)N2CCC(N3CCN(C(=O)c4cc(-c5ccccc5)nc(-c5ccccc5)c4)CC3)CC2)CC1. The Morgan fingerprint density at radius 2 is 1.20 bits per heavy atom. The number of pyridine rings is 1. The number of carbonyl (C=O) groups excluding carboxylic acids is 2. The molecular weight excluding hydrogens is 510 g/mol. The molecule has 4 heterocycles. The van der Waals surface area contributed by atoms with Gasteiger partial charge in [0, 0.05) is 67.9 Å². The van der Waals surface area contributed by atoms with Crippen molar-refractivity contribution < 1.29 is 9.59 Å². The van der Waals surface area contributed by atoms with E-state index in [1.807, 2.05) is 77.7 Å². The van der Waals surface area contributed by atoms with Gasteiger partial charge < -0.3 is 14.7 Å². The molecule has 0 aliphatic carbocycles. The van der Waals surface area contributed by atoms with Gasteiger partial charge in [0.2, 0.25) is 5.91 Å². The molecule has 0 N–H and O–H groups in total. The summed E-state index contributed by atoms with van der Waals surface area (Å²) in [4.78, 5) is 40.7.